The van der Waals surface area contributed by atoms with Crippen LogP contribution in [0, 0.1) is 25.5 Å². The molecule has 2 aromatic heterocycles. The van der Waals surface area contributed by atoms with E-state index in [4.69, 9.17) is 0 Å². The van der Waals surface area contributed by atoms with Gasteiger partial charge in [0.15, 0.2) is 5.65 Å². The minimum atomic E-state index is -0.858. The summed E-state index contributed by atoms with van der Waals surface area (Å²) >= 11 is 0. The normalized spacial score (nSPS) is 13.6. The molecule has 0 atom stereocenters. The van der Waals surface area contributed by atoms with E-state index < -0.39 is 17.5 Å². The van der Waals surface area contributed by atoms with Gasteiger partial charge in [-0.05, 0) is 56.5 Å². The Balaban J connectivity index is 1.68. The summed E-state index contributed by atoms with van der Waals surface area (Å²) in [7, 11) is 0. The summed E-state index contributed by atoms with van der Waals surface area (Å²) in [6.07, 6.45) is 2.09. The van der Waals surface area contributed by atoms with Gasteiger partial charge in [0, 0.05) is 30.5 Å². The number of fused-ring (bicyclic) bond motifs is 1. The molecule has 4 aromatic rings. The fraction of sp³-hybridized carbons (Fsp3) is 0.240. The molecule has 1 fully saturated rings. The largest absolute Gasteiger partial charge is 0.356 e. The molecule has 6 nitrogen and oxygen atoms in total. The van der Waals surface area contributed by atoms with Crippen molar-refractivity contribution >= 4 is 28.4 Å². The van der Waals surface area contributed by atoms with Crippen LogP contribution in [0.25, 0.3) is 16.7 Å². The van der Waals surface area contributed by atoms with E-state index in [1.165, 1.54) is 6.07 Å². The average Bonchev–Trinajstić information content (AvgIpc) is 3.43. The molecule has 0 bridgehead atoms. The summed E-state index contributed by atoms with van der Waals surface area (Å²) in [6, 6.07) is 12.8. The zero-order valence-electron chi connectivity index (χ0n) is 18.4. The van der Waals surface area contributed by atoms with Gasteiger partial charge < -0.3 is 10.2 Å². The van der Waals surface area contributed by atoms with Crippen LogP contribution in [0.5, 0.6) is 0 Å². The zero-order valence-corrected chi connectivity index (χ0v) is 18.4. The molecule has 3 heterocycles. The number of nitrogens with zero attached hydrogens (tertiary/aromatic N) is 4. The molecule has 1 aliphatic rings. The number of para-hydroxylation sites is 1. The molecular weight excluding hydrogens is 424 g/mol. The van der Waals surface area contributed by atoms with Crippen LogP contribution in [0.3, 0.4) is 0 Å². The van der Waals surface area contributed by atoms with Crippen molar-refractivity contribution in [1.82, 2.24) is 14.5 Å². The molecule has 1 saturated heterocycles. The third-order valence-corrected chi connectivity index (χ3v) is 6.14. The lowest BCUT2D eigenvalue weighted by Gasteiger charge is -2.19. The lowest BCUT2D eigenvalue weighted by molar-refractivity contribution is 0.101. The molecule has 168 valence electrons. The Labute approximate surface area is 189 Å². The Morgan fingerprint density at radius 2 is 1.73 bits per heavy atom. The molecule has 33 heavy (non-hydrogen) atoms. The van der Waals surface area contributed by atoms with E-state index in [1.54, 1.807) is 0 Å². The first-order chi connectivity index (χ1) is 15.9. The minimum absolute atomic E-state index is 0.0668. The van der Waals surface area contributed by atoms with Crippen molar-refractivity contribution in [2.75, 3.05) is 23.3 Å². The first kappa shape index (κ1) is 21.1. The first-order valence-corrected chi connectivity index (χ1v) is 10.9. The maximum atomic E-state index is 14.1. The van der Waals surface area contributed by atoms with Crippen LogP contribution in [-0.4, -0.2) is 33.5 Å². The van der Waals surface area contributed by atoms with Gasteiger partial charge in [0.1, 0.15) is 17.5 Å². The Kier molecular flexibility index (Phi) is 5.28. The van der Waals surface area contributed by atoms with Gasteiger partial charge in [-0.15, -0.1) is 0 Å². The van der Waals surface area contributed by atoms with Crippen LogP contribution < -0.4 is 10.2 Å². The highest BCUT2D eigenvalue weighted by Gasteiger charge is 2.26. The number of carbonyl (C=O) groups excluding carboxylic acids is 1. The van der Waals surface area contributed by atoms with Crippen LogP contribution in [0.4, 0.5) is 20.3 Å². The van der Waals surface area contributed by atoms with Crippen molar-refractivity contribution < 1.29 is 13.6 Å². The summed E-state index contributed by atoms with van der Waals surface area (Å²) in [5, 5.41) is 3.39. The number of amides is 1. The lowest BCUT2D eigenvalue weighted by Crippen LogP contribution is -2.23. The average molecular weight is 447 g/mol. The number of aromatic nitrogens is 3. The molecular formula is C25H23F2N5O. The van der Waals surface area contributed by atoms with Crippen molar-refractivity contribution in [3.63, 3.8) is 0 Å². The molecule has 5 rings (SSSR count). The highest BCUT2D eigenvalue weighted by molar-refractivity contribution is 6.04. The van der Waals surface area contributed by atoms with E-state index in [9.17, 15) is 13.6 Å². The summed E-state index contributed by atoms with van der Waals surface area (Å²) < 4.78 is 29.4. The minimum Gasteiger partial charge on any atom is -0.356 e. The number of anilines is 2. The van der Waals surface area contributed by atoms with Crippen molar-refractivity contribution in [3.05, 3.63) is 77.2 Å². The molecule has 1 N–H and O–H groups in total. The third kappa shape index (κ3) is 3.71. The Morgan fingerprint density at radius 3 is 2.42 bits per heavy atom. The van der Waals surface area contributed by atoms with E-state index in [0.29, 0.717) is 11.5 Å². The van der Waals surface area contributed by atoms with Crippen molar-refractivity contribution in [2.45, 2.75) is 26.7 Å². The Hall–Kier alpha value is -3.81. The van der Waals surface area contributed by atoms with Gasteiger partial charge in [-0.25, -0.2) is 18.7 Å². The SMILES string of the molecule is Cc1c(C)n(-c2ccccc2)c2nc(C(=O)Nc3ccc(F)cc3F)nc(N3CCCC3)c12. The number of halogens is 2. The predicted molar refractivity (Wildman–Crippen MR) is 124 cm³/mol. The van der Waals surface area contributed by atoms with Gasteiger partial charge in [-0.3, -0.25) is 9.36 Å². The smallest absolute Gasteiger partial charge is 0.293 e. The topological polar surface area (TPSA) is 63.1 Å². The van der Waals surface area contributed by atoms with Gasteiger partial charge in [0.2, 0.25) is 5.82 Å². The van der Waals surface area contributed by atoms with Crippen molar-refractivity contribution in [3.8, 4) is 5.69 Å². The molecule has 0 unspecified atom stereocenters. The molecule has 0 spiro atoms. The monoisotopic (exact) mass is 447 g/mol. The molecule has 8 heteroatoms. The second kappa shape index (κ2) is 8.27. The molecule has 2 aromatic carbocycles. The van der Waals surface area contributed by atoms with E-state index in [1.807, 2.05) is 48.7 Å². The van der Waals surface area contributed by atoms with Crippen LogP contribution in [0.1, 0.15) is 34.7 Å². The standard InChI is InChI=1S/C25H23F2N5O/c1-15-16(2)32(18-8-4-3-5-9-18)24-21(15)23(31-12-6-7-13-31)29-22(30-24)25(33)28-20-11-10-17(26)14-19(20)27/h3-5,8-11,14H,6-7,12-13H2,1-2H3,(H,28,33). The fourth-order valence-corrected chi connectivity index (χ4v) is 4.36. The number of hydrogen-bond acceptors (Lipinski definition) is 4. The van der Waals surface area contributed by atoms with Gasteiger partial charge >= 0.3 is 0 Å². The number of rotatable bonds is 4. The molecule has 0 aliphatic carbocycles. The van der Waals surface area contributed by atoms with Crippen LogP contribution in [0.2, 0.25) is 0 Å². The van der Waals surface area contributed by atoms with Crippen LogP contribution in [-0.2, 0) is 0 Å². The highest BCUT2D eigenvalue weighted by atomic mass is 19.1. The summed E-state index contributed by atoms with van der Waals surface area (Å²) in [4.78, 5) is 24.5. The second-order valence-electron chi connectivity index (χ2n) is 8.22. The third-order valence-electron chi connectivity index (χ3n) is 6.14. The number of hydrogen-bond donors (Lipinski definition) is 1. The number of aryl methyl sites for hydroxylation is 1. The van der Waals surface area contributed by atoms with E-state index >= 15 is 0 Å². The Morgan fingerprint density at radius 1 is 1.00 bits per heavy atom. The first-order valence-electron chi connectivity index (χ1n) is 10.9. The molecule has 0 saturated carbocycles. The quantitative estimate of drug-likeness (QED) is 0.469. The number of carbonyl (C=O) groups is 1. The van der Waals surface area contributed by atoms with Gasteiger partial charge in [-0.1, -0.05) is 18.2 Å². The fourth-order valence-electron chi connectivity index (χ4n) is 4.36. The van der Waals surface area contributed by atoms with E-state index in [2.05, 4.69) is 20.2 Å². The molecule has 0 radical (unpaired) electrons. The summed E-state index contributed by atoms with van der Waals surface area (Å²) in [5.74, 6) is -1.59. The highest BCUT2D eigenvalue weighted by Crippen LogP contribution is 2.35. The van der Waals surface area contributed by atoms with Gasteiger partial charge in [0.05, 0.1) is 11.1 Å². The van der Waals surface area contributed by atoms with Crippen molar-refractivity contribution in [2.24, 2.45) is 0 Å². The molecule has 1 amide bonds. The maximum absolute atomic E-state index is 14.1. The number of benzene rings is 2. The van der Waals surface area contributed by atoms with E-state index in [0.717, 1.165) is 60.4 Å². The van der Waals surface area contributed by atoms with Crippen molar-refractivity contribution in [1.29, 1.82) is 0 Å². The molecule has 1 aliphatic heterocycles. The second-order valence-corrected chi connectivity index (χ2v) is 8.22. The summed E-state index contributed by atoms with van der Waals surface area (Å²) in [6.45, 7) is 5.74. The predicted octanol–water partition coefficient (Wildman–Crippen LogP) is 5.17. The van der Waals surface area contributed by atoms with Gasteiger partial charge in [0.25, 0.3) is 5.91 Å². The summed E-state index contributed by atoms with van der Waals surface area (Å²) in [5.41, 5.74) is 3.48. The Bertz CT molecular complexity index is 1360. The number of nitrogens with one attached hydrogen (secondary N) is 1. The zero-order chi connectivity index (χ0) is 23.1. The van der Waals surface area contributed by atoms with Gasteiger partial charge in [-0.2, -0.15) is 0 Å². The van der Waals surface area contributed by atoms with E-state index in [-0.39, 0.29) is 11.5 Å². The lowest BCUT2D eigenvalue weighted by atomic mass is 10.2. The maximum Gasteiger partial charge on any atom is 0.293 e. The van der Waals surface area contributed by atoms with Crippen LogP contribution in [0.15, 0.2) is 48.5 Å². The van der Waals surface area contributed by atoms with Crippen LogP contribution >= 0.6 is 0 Å².